The van der Waals surface area contributed by atoms with Crippen LogP contribution in [0, 0.1) is 6.92 Å². The molecule has 0 spiro atoms. The highest BCUT2D eigenvalue weighted by Gasteiger charge is 2.19. The van der Waals surface area contributed by atoms with Gasteiger partial charge in [0.05, 0.1) is 6.04 Å². The Labute approximate surface area is 134 Å². The summed E-state index contributed by atoms with van der Waals surface area (Å²) in [5, 5.41) is 3.12. The smallest absolute Gasteiger partial charge is 0.317 e. The molecule has 0 aliphatic carbocycles. The van der Waals surface area contributed by atoms with Gasteiger partial charge in [0, 0.05) is 19.6 Å². The Morgan fingerprint density at radius 2 is 1.73 bits per heavy atom. The van der Waals surface area contributed by atoms with E-state index in [4.69, 9.17) is 0 Å². The summed E-state index contributed by atoms with van der Waals surface area (Å²) in [4.78, 5) is 16.5. The van der Waals surface area contributed by atoms with E-state index in [0.29, 0.717) is 6.54 Å². The minimum absolute atomic E-state index is 0.0841. The predicted octanol–water partition coefficient (Wildman–Crippen LogP) is 3.18. The molecule has 0 aromatic heterocycles. The first-order valence-corrected chi connectivity index (χ1v) is 8.33. The third kappa shape index (κ3) is 4.73. The summed E-state index contributed by atoms with van der Waals surface area (Å²) in [6.45, 7) is 4.52. The lowest BCUT2D eigenvalue weighted by Crippen LogP contribution is -2.43. The lowest BCUT2D eigenvalue weighted by atomic mass is 10.0. The molecule has 1 N–H and O–H groups in total. The zero-order chi connectivity index (χ0) is 15.9. The Morgan fingerprint density at radius 3 is 2.27 bits per heavy atom. The van der Waals surface area contributed by atoms with Crippen LogP contribution in [0.25, 0.3) is 0 Å². The maximum atomic E-state index is 12.4. The van der Waals surface area contributed by atoms with Crippen LogP contribution in [0.3, 0.4) is 0 Å². The number of carbonyl (C=O) groups is 1. The summed E-state index contributed by atoms with van der Waals surface area (Å²) in [6.07, 6.45) is 4.74. The zero-order valence-electron chi connectivity index (χ0n) is 14.1. The Balaban J connectivity index is 1.93. The summed E-state index contributed by atoms with van der Waals surface area (Å²) in [5.41, 5.74) is 2.50. The van der Waals surface area contributed by atoms with Crippen LogP contribution in [0.15, 0.2) is 24.3 Å². The Kier molecular flexibility index (Phi) is 6.25. The molecule has 1 fully saturated rings. The molecular formula is C18H29N3O. The SMILES string of the molecule is Cc1ccc(C(CNC(=O)N2CCCCCC2)N(C)C)cc1. The van der Waals surface area contributed by atoms with E-state index in [1.165, 1.54) is 24.0 Å². The van der Waals surface area contributed by atoms with Crippen LogP contribution in [-0.4, -0.2) is 49.6 Å². The summed E-state index contributed by atoms with van der Waals surface area (Å²) in [7, 11) is 4.12. The Hall–Kier alpha value is -1.55. The van der Waals surface area contributed by atoms with E-state index in [-0.39, 0.29) is 12.1 Å². The quantitative estimate of drug-likeness (QED) is 0.927. The van der Waals surface area contributed by atoms with Crippen LogP contribution >= 0.6 is 0 Å². The second kappa shape index (κ2) is 8.18. The van der Waals surface area contributed by atoms with Crippen LogP contribution in [-0.2, 0) is 0 Å². The number of amides is 2. The topological polar surface area (TPSA) is 35.6 Å². The maximum Gasteiger partial charge on any atom is 0.317 e. The van der Waals surface area contributed by atoms with Crippen molar-refractivity contribution in [1.82, 2.24) is 15.1 Å². The van der Waals surface area contributed by atoms with Gasteiger partial charge in [-0.2, -0.15) is 0 Å². The van der Waals surface area contributed by atoms with E-state index < -0.39 is 0 Å². The standard InChI is InChI=1S/C18H29N3O/c1-15-8-10-16(11-9-15)17(20(2)3)14-19-18(22)21-12-6-4-5-7-13-21/h8-11,17H,4-7,12-14H2,1-3H3,(H,19,22). The molecule has 1 heterocycles. The molecule has 0 saturated carbocycles. The normalized spacial score (nSPS) is 17.2. The van der Waals surface area contributed by atoms with Crippen LogP contribution in [0.4, 0.5) is 4.79 Å². The van der Waals surface area contributed by atoms with Crippen molar-refractivity contribution in [1.29, 1.82) is 0 Å². The number of hydrogen-bond donors (Lipinski definition) is 1. The Bertz CT molecular complexity index is 462. The second-order valence-corrected chi connectivity index (χ2v) is 6.48. The van der Waals surface area contributed by atoms with Gasteiger partial charge in [0.25, 0.3) is 0 Å². The molecule has 122 valence electrons. The molecule has 1 aliphatic heterocycles. The number of rotatable bonds is 4. The highest BCUT2D eigenvalue weighted by molar-refractivity contribution is 5.74. The summed E-state index contributed by atoms with van der Waals surface area (Å²) < 4.78 is 0. The number of hydrogen-bond acceptors (Lipinski definition) is 2. The van der Waals surface area contributed by atoms with Gasteiger partial charge in [-0.05, 0) is 39.4 Å². The highest BCUT2D eigenvalue weighted by atomic mass is 16.2. The van der Waals surface area contributed by atoms with Crippen molar-refractivity contribution in [3.05, 3.63) is 35.4 Å². The average Bonchev–Trinajstić information content (AvgIpc) is 2.78. The van der Waals surface area contributed by atoms with Crippen molar-refractivity contribution in [2.24, 2.45) is 0 Å². The van der Waals surface area contributed by atoms with E-state index in [0.717, 1.165) is 25.9 Å². The Morgan fingerprint density at radius 1 is 1.14 bits per heavy atom. The largest absolute Gasteiger partial charge is 0.336 e. The predicted molar refractivity (Wildman–Crippen MR) is 91.0 cm³/mol. The molecule has 4 nitrogen and oxygen atoms in total. The fraction of sp³-hybridized carbons (Fsp3) is 0.611. The van der Waals surface area contributed by atoms with Crippen molar-refractivity contribution in [2.75, 3.05) is 33.7 Å². The van der Waals surface area contributed by atoms with E-state index in [9.17, 15) is 4.79 Å². The molecule has 0 radical (unpaired) electrons. The molecule has 4 heteroatoms. The number of likely N-dealkylation sites (tertiary alicyclic amines) is 1. The molecule has 1 unspecified atom stereocenters. The number of urea groups is 1. The first-order chi connectivity index (χ1) is 10.6. The van der Waals surface area contributed by atoms with Gasteiger partial charge in [-0.3, -0.25) is 0 Å². The molecule has 0 bridgehead atoms. The van der Waals surface area contributed by atoms with Gasteiger partial charge in [-0.1, -0.05) is 42.7 Å². The molecular weight excluding hydrogens is 274 g/mol. The van der Waals surface area contributed by atoms with Gasteiger partial charge >= 0.3 is 6.03 Å². The lowest BCUT2D eigenvalue weighted by molar-refractivity contribution is 0.194. The zero-order valence-corrected chi connectivity index (χ0v) is 14.1. The fourth-order valence-corrected chi connectivity index (χ4v) is 2.96. The summed E-state index contributed by atoms with van der Waals surface area (Å²) in [6, 6.07) is 8.85. The van der Waals surface area contributed by atoms with Crippen LogP contribution in [0.5, 0.6) is 0 Å². The molecule has 22 heavy (non-hydrogen) atoms. The van der Waals surface area contributed by atoms with Gasteiger partial charge in [0.2, 0.25) is 0 Å². The van der Waals surface area contributed by atoms with Crippen molar-refractivity contribution in [3.8, 4) is 0 Å². The molecule has 1 saturated heterocycles. The number of carbonyl (C=O) groups excluding carboxylic acids is 1. The fourth-order valence-electron chi connectivity index (χ4n) is 2.96. The lowest BCUT2D eigenvalue weighted by Gasteiger charge is -2.27. The monoisotopic (exact) mass is 303 g/mol. The summed E-state index contributed by atoms with van der Waals surface area (Å²) >= 11 is 0. The van der Waals surface area contributed by atoms with E-state index >= 15 is 0 Å². The molecule has 1 aromatic rings. The molecule has 1 aliphatic rings. The van der Waals surface area contributed by atoms with Crippen molar-refractivity contribution in [3.63, 3.8) is 0 Å². The first-order valence-electron chi connectivity index (χ1n) is 8.33. The van der Waals surface area contributed by atoms with Gasteiger partial charge in [0.15, 0.2) is 0 Å². The highest BCUT2D eigenvalue weighted by Crippen LogP contribution is 2.18. The number of nitrogens with one attached hydrogen (secondary N) is 1. The van der Waals surface area contributed by atoms with Gasteiger partial charge < -0.3 is 15.1 Å². The van der Waals surface area contributed by atoms with Gasteiger partial charge in [-0.15, -0.1) is 0 Å². The minimum atomic E-state index is 0.0841. The van der Waals surface area contributed by atoms with Gasteiger partial charge in [-0.25, -0.2) is 4.79 Å². The van der Waals surface area contributed by atoms with Crippen LogP contribution in [0.2, 0.25) is 0 Å². The third-order valence-corrected chi connectivity index (χ3v) is 4.43. The summed E-state index contributed by atoms with van der Waals surface area (Å²) in [5.74, 6) is 0. The molecule has 2 rings (SSSR count). The van der Waals surface area contributed by atoms with Crippen molar-refractivity contribution < 1.29 is 4.79 Å². The number of aryl methyl sites for hydroxylation is 1. The third-order valence-electron chi connectivity index (χ3n) is 4.43. The second-order valence-electron chi connectivity index (χ2n) is 6.48. The number of nitrogens with zero attached hydrogens (tertiary/aromatic N) is 2. The molecule has 2 amide bonds. The van der Waals surface area contributed by atoms with Crippen LogP contribution in [0.1, 0.15) is 42.9 Å². The molecule has 1 aromatic carbocycles. The van der Waals surface area contributed by atoms with Crippen molar-refractivity contribution >= 4 is 6.03 Å². The van der Waals surface area contributed by atoms with E-state index in [1.54, 1.807) is 0 Å². The van der Waals surface area contributed by atoms with E-state index in [2.05, 4.69) is 55.5 Å². The van der Waals surface area contributed by atoms with E-state index in [1.807, 2.05) is 4.90 Å². The maximum absolute atomic E-state index is 12.4. The molecule has 1 atom stereocenters. The number of likely N-dealkylation sites (N-methyl/N-ethyl adjacent to an activating group) is 1. The minimum Gasteiger partial charge on any atom is -0.336 e. The van der Waals surface area contributed by atoms with Crippen molar-refractivity contribution in [2.45, 2.75) is 38.6 Å². The van der Waals surface area contributed by atoms with Gasteiger partial charge in [0.1, 0.15) is 0 Å². The average molecular weight is 303 g/mol. The first kappa shape index (κ1) is 16.8. The number of benzene rings is 1. The van der Waals surface area contributed by atoms with Crippen LogP contribution < -0.4 is 5.32 Å².